The molecule has 0 fully saturated rings. The minimum atomic E-state index is -1.44. The van der Waals surface area contributed by atoms with Crippen LogP contribution in [0, 0.1) is 0 Å². The van der Waals surface area contributed by atoms with Gasteiger partial charge in [0.2, 0.25) is 0 Å². The van der Waals surface area contributed by atoms with Crippen molar-refractivity contribution in [3.8, 4) is 0 Å². The molecule has 2 N–H and O–H groups in total. The largest absolute Gasteiger partial charge is 0.368 e. The molecule has 3 rings (SSSR count). The van der Waals surface area contributed by atoms with Crippen molar-refractivity contribution >= 4 is 0 Å². The highest BCUT2D eigenvalue weighted by atomic mass is 16.5. The average molecular weight is 304 g/mol. The molecule has 23 heavy (non-hydrogen) atoms. The summed E-state index contributed by atoms with van der Waals surface area (Å²) in [5, 5.41) is 20.2. The lowest BCUT2D eigenvalue weighted by atomic mass is 9.77. The van der Waals surface area contributed by atoms with E-state index in [2.05, 4.69) is 0 Å². The van der Waals surface area contributed by atoms with Crippen LogP contribution in [0.2, 0.25) is 0 Å². The average Bonchev–Trinajstić information content (AvgIpc) is 2.61. The van der Waals surface area contributed by atoms with Gasteiger partial charge in [0.15, 0.2) is 6.29 Å². The van der Waals surface area contributed by atoms with Crippen LogP contribution in [0.15, 0.2) is 91.0 Å². The molecule has 0 aliphatic carbocycles. The van der Waals surface area contributed by atoms with Gasteiger partial charge in [0, 0.05) is 11.8 Å². The molecule has 3 aromatic rings. The summed E-state index contributed by atoms with van der Waals surface area (Å²) < 4.78 is 0. The van der Waals surface area contributed by atoms with Crippen LogP contribution in [0.25, 0.3) is 0 Å². The maximum absolute atomic E-state index is 10.1. The van der Waals surface area contributed by atoms with Crippen molar-refractivity contribution in [3.05, 3.63) is 108 Å². The molecule has 116 valence electrons. The van der Waals surface area contributed by atoms with Gasteiger partial charge in [-0.2, -0.15) is 0 Å². The summed E-state index contributed by atoms with van der Waals surface area (Å²) >= 11 is 0. The molecule has 2 nitrogen and oxygen atoms in total. The van der Waals surface area contributed by atoms with Crippen LogP contribution >= 0.6 is 0 Å². The van der Waals surface area contributed by atoms with Gasteiger partial charge in [-0.1, -0.05) is 91.0 Å². The van der Waals surface area contributed by atoms with E-state index in [1.165, 1.54) is 0 Å². The van der Waals surface area contributed by atoms with E-state index in [4.69, 9.17) is 0 Å². The monoisotopic (exact) mass is 304 g/mol. The van der Waals surface area contributed by atoms with Crippen LogP contribution in [-0.4, -0.2) is 16.5 Å². The third-order valence-electron chi connectivity index (χ3n) is 4.18. The fourth-order valence-electron chi connectivity index (χ4n) is 3.14. The smallest absolute Gasteiger partial charge is 0.159 e. The molecule has 0 bridgehead atoms. The lowest BCUT2D eigenvalue weighted by molar-refractivity contribution is -0.0637. The molecule has 0 aliphatic heterocycles. The molecule has 2 heteroatoms. The lowest BCUT2D eigenvalue weighted by Gasteiger charge is -2.30. The van der Waals surface area contributed by atoms with Crippen molar-refractivity contribution in [2.24, 2.45) is 0 Å². The Balaban J connectivity index is 2.13. The zero-order chi connectivity index (χ0) is 16.1. The van der Waals surface area contributed by atoms with Crippen molar-refractivity contribution in [2.75, 3.05) is 0 Å². The molecule has 0 aromatic heterocycles. The van der Waals surface area contributed by atoms with Gasteiger partial charge in [-0.05, 0) is 16.7 Å². The highest BCUT2D eigenvalue weighted by molar-refractivity contribution is 5.38. The van der Waals surface area contributed by atoms with E-state index in [0.717, 1.165) is 16.7 Å². The van der Waals surface area contributed by atoms with E-state index in [1.807, 2.05) is 91.0 Å². The molecule has 1 unspecified atom stereocenters. The first-order valence-corrected chi connectivity index (χ1v) is 7.78. The second-order valence-electron chi connectivity index (χ2n) is 5.65. The summed E-state index contributed by atoms with van der Waals surface area (Å²) in [6.45, 7) is 0. The van der Waals surface area contributed by atoms with E-state index in [-0.39, 0.29) is 5.92 Å². The normalized spacial score (nSPS) is 12.5. The Bertz CT molecular complexity index is 669. The van der Waals surface area contributed by atoms with E-state index in [0.29, 0.717) is 0 Å². The standard InChI is InChI=1S/C21H20O2/c22-21(23)20(18-14-8-3-9-15-18)19(16-10-4-1-5-11-16)17-12-6-2-7-13-17/h1-15,19-23H. The predicted molar refractivity (Wildman–Crippen MR) is 92.1 cm³/mol. The Hall–Kier alpha value is -2.42. The Morgan fingerprint density at radius 2 is 0.826 bits per heavy atom. The van der Waals surface area contributed by atoms with Gasteiger partial charge in [0.25, 0.3) is 0 Å². The topological polar surface area (TPSA) is 40.5 Å². The molecular formula is C21H20O2. The quantitative estimate of drug-likeness (QED) is 0.702. The molecule has 0 amide bonds. The van der Waals surface area contributed by atoms with Crippen molar-refractivity contribution < 1.29 is 10.2 Å². The van der Waals surface area contributed by atoms with Crippen LogP contribution in [0.4, 0.5) is 0 Å². The maximum Gasteiger partial charge on any atom is 0.159 e. The summed E-state index contributed by atoms with van der Waals surface area (Å²) in [7, 11) is 0. The van der Waals surface area contributed by atoms with Gasteiger partial charge in [-0.3, -0.25) is 0 Å². The fraction of sp³-hybridized carbons (Fsp3) is 0.143. The Kier molecular flexibility index (Phi) is 4.86. The number of rotatable bonds is 5. The van der Waals surface area contributed by atoms with Gasteiger partial charge >= 0.3 is 0 Å². The molecular weight excluding hydrogens is 284 g/mol. The molecule has 1 atom stereocenters. The Labute approximate surface area is 136 Å². The Morgan fingerprint density at radius 3 is 1.17 bits per heavy atom. The SMILES string of the molecule is OC(O)C(c1ccccc1)C(c1ccccc1)c1ccccc1. The fourth-order valence-corrected chi connectivity index (χ4v) is 3.14. The second kappa shape index (κ2) is 7.23. The molecule has 3 aromatic carbocycles. The van der Waals surface area contributed by atoms with Crippen molar-refractivity contribution in [1.82, 2.24) is 0 Å². The first-order valence-electron chi connectivity index (χ1n) is 7.78. The minimum absolute atomic E-state index is 0.125. The summed E-state index contributed by atoms with van der Waals surface area (Å²) in [5.74, 6) is -0.555. The molecule has 0 spiro atoms. The number of aliphatic hydroxyl groups is 2. The lowest BCUT2D eigenvalue weighted by Crippen LogP contribution is -2.25. The number of aliphatic hydroxyl groups excluding tert-OH is 1. The van der Waals surface area contributed by atoms with E-state index in [9.17, 15) is 10.2 Å². The molecule has 0 aliphatic rings. The second-order valence-corrected chi connectivity index (χ2v) is 5.65. The van der Waals surface area contributed by atoms with Crippen molar-refractivity contribution in [3.63, 3.8) is 0 Å². The number of benzene rings is 3. The van der Waals surface area contributed by atoms with Crippen LogP contribution in [0.5, 0.6) is 0 Å². The molecule has 0 radical (unpaired) electrons. The maximum atomic E-state index is 10.1. The third kappa shape index (κ3) is 3.50. The van der Waals surface area contributed by atoms with Crippen LogP contribution in [-0.2, 0) is 0 Å². The summed E-state index contributed by atoms with van der Waals surface area (Å²) in [6, 6.07) is 29.7. The van der Waals surface area contributed by atoms with Gasteiger partial charge in [-0.15, -0.1) is 0 Å². The summed E-state index contributed by atoms with van der Waals surface area (Å²) in [5.41, 5.74) is 3.06. The number of hydrogen-bond donors (Lipinski definition) is 2. The highest BCUT2D eigenvalue weighted by Gasteiger charge is 2.31. The first-order chi connectivity index (χ1) is 11.3. The van der Waals surface area contributed by atoms with E-state index >= 15 is 0 Å². The zero-order valence-electron chi connectivity index (χ0n) is 12.8. The van der Waals surface area contributed by atoms with Crippen molar-refractivity contribution in [1.29, 1.82) is 0 Å². The molecule has 0 saturated heterocycles. The van der Waals surface area contributed by atoms with Gasteiger partial charge in [0.1, 0.15) is 0 Å². The minimum Gasteiger partial charge on any atom is -0.368 e. The van der Waals surface area contributed by atoms with Crippen molar-refractivity contribution in [2.45, 2.75) is 18.1 Å². The van der Waals surface area contributed by atoms with Gasteiger partial charge in [0.05, 0.1) is 0 Å². The first kappa shape index (κ1) is 15.5. The van der Waals surface area contributed by atoms with Crippen LogP contribution in [0.1, 0.15) is 28.5 Å². The van der Waals surface area contributed by atoms with Gasteiger partial charge in [-0.25, -0.2) is 0 Å². The predicted octanol–water partition coefficient (Wildman–Crippen LogP) is 3.91. The Morgan fingerprint density at radius 1 is 0.478 bits per heavy atom. The van der Waals surface area contributed by atoms with Crippen LogP contribution < -0.4 is 0 Å². The van der Waals surface area contributed by atoms with E-state index < -0.39 is 12.2 Å². The summed E-state index contributed by atoms with van der Waals surface area (Å²) in [4.78, 5) is 0. The zero-order valence-corrected chi connectivity index (χ0v) is 12.8. The summed E-state index contributed by atoms with van der Waals surface area (Å²) in [6.07, 6.45) is -1.44. The third-order valence-corrected chi connectivity index (χ3v) is 4.18. The van der Waals surface area contributed by atoms with E-state index in [1.54, 1.807) is 0 Å². The van der Waals surface area contributed by atoms with Crippen LogP contribution in [0.3, 0.4) is 0 Å². The van der Waals surface area contributed by atoms with Gasteiger partial charge < -0.3 is 10.2 Å². The highest BCUT2D eigenvalue weighted by Crippen LogP contribution is 2.39. The molecule has 0 heterocycles. The number of hydrogen-bond acceptors (Lipinski definition) is 2. The molecule has 0 saturated carbocycles.